The van der Waals surface area contributed by atoms with Crippen LogP contribution in [0.3, 0.4) is 0 Å². The summed E-state index contributed by atoms with van der Waals surface area (Å²) in [6.07, 6.45) is 0.844. The van der Waals surface area contributed by atoms with Crippen molar-refractivity contribution in [3.05, 3.63) is 51.7 Å². The van der Waals surface area contributed by atoms with Gasteiger partial charge in [-0.15, -0.1) is 0 Å². The summed E-state index contributed by atoms with van der Waals surface area (Å²) in [4.78, 5) is 18.1. The molecule has 1 aromatic heterocycles. The number of halogens is 3. The molecular weight excluding hydrogens is 335 g/mol. The number of aromatic nitrogens is 2. The van der Waals surface area contributed by atoms with E-state index in [2.05, 4.69) is 16.8 Å². The fraction of sp³-hybridized carbons (Fsp3) is 0.412. The lowest BCUT2D eigenvalue weighted by atomic mass is 10.1. The maximum atomic E-state index is 13.2. The summed E-state index contributed by atoms with van der Waals surface area (Å²) in [6.45, 7) is 5.13. The zero-order valence-electron chi connectivity index (χ0n) is 13.9. The maximum Gasteiger partial charge on any atom is 0.352 e. The Morgan fingerprint density at radius 1 is 1.24 bits per heavy atom. The number of rotatable bonds is 4. The third kappa shape index (κ3) is 3.33. The first-order valence-electron chi connectivity index (χ1n) is 8.05. The van der Waals surface area contributed by atoms with Crippen LogP contribution >= 0.6 is 0 Å². The van der Waals surface area contributed by atoms with Gasteiger partial charge in [-0.2, -0.15) is 4.98 Å². The predicted octanol–water partition coefficient (Wildman–Crippen LogP) is 2.86. The van der Waals surface area contributed by atoms with Crippen molar-refractivity contribution in [3.8, 4) is 5.88 Å². The van der Waals surface area contributed by atoms with Gasteiger partial charge in [0.2, 0.25) is 5.88 Å². The standard InChI is InChI=1S/C17H18F3N3O2/c1-3-22-10(2)4-5-23-15(22)8-14(21-17(23)24)25-9-11-6-12(18)16(20)13(19)7-11/h6-8,10H,3-5,9H2,1-2H3. The monoisotopic (exact) mass is 353 g/mol. The van der Waals surface area contributed by atoms with Crippen molar-refractivity contribution in [3.63, 3.8) is 0 Å². The molecular formula is C17H18F3N3O2. The average Bonchev–Trinajstić information content (AvgIpc) is 2.57. The number of nitrogens with zero attached hydrogens (tertiary/aromatic N) is 3. The molecule has 2 heterocycles. The molecule has 0 saturated heterocycles. The van der Waals surface area contributed by atoms with Gasteiger partial charge >= 0.3 is 5.69 Å². The van der Waals surface area contributed by atoms with Crippen LogP contribution < -0.4 is 15.3 Å². The van der Waals surface area contributed by atoms with Gasteiger partial charge in [-0.25, -0.2) is 18.0 Å². The molecule has 0 aliphatic carbocycles. The Labute approximate surface area is 142 Å². The molecule has 1 aliphatic heterocycles. The van der Waals surface area contributed by atoms with Crippen molar-refractivity contribution in [1.29, 1.82) is 0 Å². The minimum absolute atomic E-state index is 0.0638. The lowest BCUT2D eigenvalue weighted by Crippen LogP contribution is -2.43. The molecule has 1 aliphatic rings. The highest BCUT2D eigenvalue weighted by atomic mass is 19.2. The van der Waals surface area contributed by atoms with E-state index in [1.807, 2.05) is 6.92 Å². The number of benzene rings is 1. The molecule has 25 heavy (non-hydrogen) atoms. The summed E-state index contributed by atoms with van der Waals surface area (Å²) in [5.74, 6) is -3.34. The van der Waals surface area contributed by atoms with Crippen molar-refractivity contribution < 1.29 is 17.9 Å². The number of fused-ring (bicyclic) bond motifs is 1. The van der Waals surface area contributed by atoms with E-state index >= 15 is 0 Å². The zero-order valence-corrected chi connectivity index (χ0v) is 13.9. The van der Waals surface area contributed by atoms with Gasteiger partial charge < -0.3 is 9.64 Å². The van der Waals surface area contributed by atoms with E-state index in [0.29, 0.717) is 12.4 Å². The van der Waals surface area contributed by atoms with Crippen LogP contribution in [0.25, 0.3) is 0 Å². The third-order valence-corrected chi connectivity index (χ3v) is 4.33. The Morgan fingerprint density at radius 2 is 1.92 bits per heavy atom. The zero-order chi connectivity index (χ0) is 18.1. The highest BCUT2D eigenvalue weighted by Gasteiger charge is 2.24. The van der Waals surface area contributed by atoms with Crippen molar-refractivity contribution >= 4 is 5.82 Å². The van der Waals surface area contributed by atoms with Crippen molar-refractivity contribution in [1.82, 2.24) is 9.55 Å². The van der Waals surface area contributed by atoms with Crippen LogP contribution in [0.15, 0.2) is 23.0 Å². The second-order valence-electron chi connectivity index (χ2n) is 5.97. The summed E-state index contributed by atoms with van der Waals surface area (Å²) < 4.78 is 46.5. The van der Waals surface area contributed by atoms with Crippen LogP contribution in [0.5, 0.6) is 5.88 Å². The Kier molecular flexibility index (Phi) is 4.69. The van der Waals surface area contributed by atoms with E-state index in [1.54, 1.807) is 10.6 Å². The summed E-state index contributed by atoms with van der Waals surface area (Å²) >= 11 is 0. The Hall–Kier alpha value is -2.51. The topological polar surface area (TPSA) is 47.4 Å². The lowest BCUT2D eigenvalue weighted by molar-refractivity contribution is 0.287. The predicted molar refractivity (Wildman–Crippen MR) is 86.2 cm³/mol. The van der Waals surface area contributed by atoms with Gasteiger partial charge in [-0.3, -0.25) is 4.57 Å². The maximum absolute atomic E-state index is 13.2. The number of ether oxygens (including phenoxy) is 1. The Morgan fingerprint density at radius 3 is 2.56 bits per heavy atom. The summed E-state index contributed by atoms with van der Waals surface area (Å²) in [6, 6.07) is 3.62. The molecule has 1 unspecified atom stereocenters. The number of hydrogen-bond acceptors (Lipinski definition) is 4. The molecule has 0 radical (unpaired) electrons. The van der Waals surface area contributed by atoms with E-state index in [1.165, 1.54) is 0 Å². The molecule has 8 heteroatoms. The summed E-state index contributed by atoms with van der Waals surface area (Å²) in [5, 5.41) is 0. The van der Waals surface area contributed by atoms with E-state index < -0.39 is 23.1 Å². The van der Waals surface area contributed by atoms with Crippen molar-refractivity contribution in [2.45, 2.75) is 39.5 Å². The molecule has 1 atom stereocenters. The number of hydrogen-bond donors (Lipinski definition) is 0. The molecule has 0 bridgehead atoms. The SMILES string of the molecule is CCN1c2cc(OCc3cc(F)c(F)c(F)c3)nc(=O)n2CCC1C. The summed E-state index contributed by atoms with van der Waals surface area (Å²) in [7, 11) is 0. The molecule has 0 amide bonds. The summed E-state index contributed by atoms with van der Waals surface area (Å²) in [5.41, 5.74) is -0.328. The van der Waals surface area contributed by atoms with E-state index in [0.717, 1.165) is 25.1 Å². The first kappa shape index (κ1) is 17.3. The smallest absolute Gasteiger partial charge is 0.352 e. The largest absolute Gasteiger partial charge is 0.473 e. The first-order valence-corrected chi connectivity index (χ1v) is 8.05. The van der Waals surface area contributed by atoms with Gasteiger partial charge in [-0.1, -0.05) is 0 Å². The highest BCUT2D eigenvalue weighted by Crippen LogP contribution is 2.26. The molecule has 0 N–H and O–H groups in total. The van der Waals surface area contributed by atoms with Gasteiger partial charge in [-0.05, 0) is 38.0 Å². The normalized spacial score (nSPS) is 16.7. The van der Waals surface area contributed by atoms with Crippen LogP contribution in [0.2, 0.25) is 0 Å². The second kappa shape index (κ2) is 6.78. The molecule has 0 fully saturated rings. The molecule has 0 spiro atoms. The van der Waals surface area contributed by atoms with Crippen molar-refractivity contribution in [2.75, 3.05) is 11.4 Å². The van der Waals surface area contributed by atoms with Crippen LogP contribution in [-0.4, -0.2) is 22.1 Å². The van der Waals surface area contributed by atoms with Crippen LogP contribution in [0, 0.1) is 17.5 Å². The van der Waals surface area contributed by atoms with Gasteiger partial charge in [0.05, 0.1) is 0 Å². The lowest BCUT2D eigenvalue weighted by Gasteiger charge is -2.36. The van der Waals surface area contributed by atoms with Gasteiger partial charge in [0.25, 0.3) is 0 Å². The molecule has 5 nitrogen and oxygen atoms in total. The minimum atomic E-state index is -1.53. The fourth-order valence-electron chi connectivity index (χ4n) is 3.02. The van der Waals surface area contributed by atoms with Gasteiger partial charge in [0.15, 0.2) is 17.5 Å². The van der Waals surface area contributed by atoms with E-state index in [-0.39, 0.29) is 24.1 Å². The Bertz CT molecular complexity index is 831. The van der Waals surface area contributed by atoms with Gasteiger partial charge in [0, 0.05) is 25.2 Å². The van der Waals surface area contributed by atoms with Crippen LogP contribution in [0.1, 0.15) is 25.8 Å². The minimum Gasteiger partial charge on any atom is -0.473 e. The molecule has 3 rings (SSSR count). The molecule has 0 saturated carbocycles. The second-order valence-corrected chi connectivity index (χ2v) is 5.97. The first-order chi connectivity index (χ1) is 11.9. The van der Waals surface area contributed by atoms with E-state index in [4.69, 9.17) is 4.74 Å². The van der Waals surface area contributed by atoms with Crippen LogP contribution in [0.4, 0.5) is 19.0 Å². The number of anilines is 1. The van der Waals surface area contributed by atoms with Crippen molar-refractivity contribution in [2.24, 2.45) is 0 Å². The molecule has 1 aromatic carbocycles. The average molecular weight is 353 g/mol. The highest BCUT2D eigenvalue weighted by molar-refractivity contribution is 5.44. The van der Waals surface area contributed by atoms with Gasteiger partial charge in [0.1, 0.15) is 12.4 Å². The molecule has 2 aromatic rings. The fourth-order valence-corrected chi connectivity index (χ4v) is 3.02. The van der Waals surface area contributed by atoms with E-state index in [9.17, 15) is 18.0 Å². The molecule has 134 valence electrons. The quantitative estimate of drug-likeness (QED) is 0.793. The van der Waals surface area contributed by atoms with Crippen LogP contribution in [-0.2, 0) is 13.2 Å². The Balaban J connectivity index is 1.86. The third-order valence-electron chi connectivity index (χ3n) is 4.33.